The number of nitrogens with one attached hydrogen (secondary N) is 1. The lowest BCUT2D eigenvalue weighted by Crippen LogP contribution is -2.34. The maximum Gasteiger partial charge on any atom is 0.282 e. The van der Waals surface area contributed by atoms with Crippen molar-refractivity contribution < 1.29 is 13.9 Å². The minimum Gasteiger partial charge on any atom is -0.495 e. The number of rotatable bonds is 4. The van der Waals surface area contributed by atoms with Gasteiger partial charge in [-0.05, 0) is 37.4 Å². The van der Waals surface area contributed by atoms with Gasteiger partial charge in [-0.25, -0.2) is 16.0 Å². The van der Waals surface area contributed by atoms with Gasteiger partial charge in [-0.15, -0.1) is 11.8 Å². The largest absolute Gasteiger partial charge is 0.495 e. The molecule has 2 aromatic rings. The molecule has 30 heavy (non-hydrogen) atoms. The van der Waals surface area contributed by atoms with Crippen molar-refractivity contribution in [3.8, 4) is 5.75 Å². The standard InChI is InChI=1S/C22H19BrFN3O2S/c1-12-18(21(28)27-16-7-5-6-8-17(16)29-3)19(20(25-2)22(26-12)30-4)14-10-9-13(23)11-15(14)24/h5-11,19-20H,1,3-4H3,(H,27,28). The Morgan fingerprint density at radius 1 is 1.33 bits per heavy atom. The van der Waals surface area contributed by atoms with E-state index in [9.17, 15) is 9.18 Å². The number of anilines is 1. The molecule has 2 aromatic carbocycles. The third-order valence-electron chi connectivity index (χ3n) is 4.79. The van der Waals surface area contributed by atoms with Crippen LogP contribution >= 0.6 is 27.7 Å². The summed E-state index contributed by atoms with van der Waals surface area (Å²) in [6.07, 6.45) is 1.82. The number of hydrogen-bond acceptors (Lipinski definition) is 4. The first-order chi connectivity index (χ1) is 14.4. The third-order valence-corrected chi connectivity index (χ3v) is 6.04. The van der Waals surface area contributed by atoms with Crippen LogP contribution in [0.15, 0.2) is 63.2 Å². The van der Waals surface area contributed by atoms with Gasteiger partial charge in [0.25, 0.3) is 11.9 Å². The second-order valence-electron chi connectivity index (χ2n) is 6.53. The third kappa shape index (κ3) is 4.27. The fraction of sp³-hybridized carbons (Fsp3) is 0.227. The quantitative estimate of drug-likeness (QED) is 0.566. The number of halogens is 2. The van der Waals surface area contributed by atoms with Crippen molar-refractivity contribution in [2.75, 3.05) is 18.7 Å². The molecule has 0 fully saturated rings. The smallest absolute Gasteiger partial charge is 0.282 e. The first-order valence-corrected chi connectivity index (χ1v) is 11.0. The molecule has 0 bridgehead atoms. The minimum absolute atomic E-state index is 0.265. The average Bonchev–Trinajstić information content (AvgIpc) is 2.73. The Labute approximate surface area is 187 Å². The maximum absolute atomic E-state index is 14.9. The number of ether oxygens (including phenoxy) is 1. The second-order valence-corrected chi connectivity index (χ2v) is 8.27. The Balaban J connectivity index is 2.13. The monoisotopic (exact) mass is 487 g/mol. The number of para-hydroxylation sites is 2. The van der Waals surface area contributed by atoms with E-state index in [0.29, 0.717) is 26.7 Å². The SMILES string of the molecule is [C-]#[N+]C1C(SC)=NC(C)=C(C(=O)Nc2ccccc2OC)C1c1ccc(Br)cc1F. The number of hydrogen-bond donors (Lipinski definition) is 1. The first kappa shape index (κ1) is 22.1. The Kier molecular flexibility index (Phi) is 6.95. The van der Waals surface area contributed by atoms with Crippen molar-refractivity contribution in [2.24, 2.45) is 4.99 Å². The highest BCUT2D eigenvalue weighted by Gasteiger charge is 2.43. The van der Waals surface area contributed by atoms with Gasteiger partial charge >= 0.3 is 0 Å². The summed E-state index contributed by atoms with van der Waals surface area (Å²) >= 11 is 4.59. The molecule has 2 unspecified atom stereocenters. The number of carbonyl (C=O) groups excluding carboxylic acids is 1. The van der Waals surface area contributed by atoms with E-state index < -0.39 is 23.7 Å². The van der Waals surface area contributed by atoms with E-state index in [2.05, 4.69) is 31.1 Å². The zero-order valence-electron chi connectivity index (χ0n) is 16.6. The van der Waals surface area contributed by atoms with Crippen molar-refractivity contribution in [3.05, 3.63) is 81.0 Å². The van der Waals surface area contributed by atoms with E-state index in [1.165, 1.54) is 24.9 Å². The molecule has 1 amide bonds. The lowest BCUT2D eigenvalue weighted by molar-refractivity contribution is -0.113. The summed E-state index contributed by atoms with van der Waals surface area (Å²) < 4.78 is 20.8. The van der Waals surface area contributed by atoms with E-state index in [1.807, 2.05) is 6.26 Å². The normalized spacial score (nSPS) is 18.5. The molecule has 5 nitrogen and oxygen atoms in total. The predicted octanol–water partition coefficient (Wildman–Crippen LogP) is 5.66. The Hall–Kier alpha value is -2.63. The molecule has 8 heteroatoms. The highest BCUT2D eigenvalue weighted by atomic mass is 79.9. The Morgan fingerprint density at radius 2 is 2.07 bits per heavy atom. The molecule has 1 N–H and O–H groups in total. The summed E-state index contributed by atoms with van der Waals surface area (Å²) in [6, 6.07) is 10.9. The van der Waals surface area contributed by atoms with Crippen LogP contribution < -0.4 is 10.1 Å². The molecule has 1 aliphatic rings. The molecular weight excluding hydrogens is 469 g/mol. The number of allylic oxidation sites excluding steroid dienone is 1. The van der Waals surface area contributed by atoms with Crippen LogP contribution in [0, 0.1) is 12.4 Å². The van der Waals surface area contributed by atoms with Gasteiger partial charge in [0, 0.05) is 15.7 Å². The van der Waals surface area contributed by atoms with Gasteiger partial charge in [0.1, 0.15) is 17.5 Å². The summed E-state index contributed by atoms with van der Waals surface area (Å²) in [5.74, 6) is -1.21. The van der Waals surface area contributed by atoms with E-state index >= 15 is 0 Å². The maximum atomic E-state index is 14.9. The molecule has 0 saturated heterocycles. The summed E-state index contributed by atoms with van der Waals surface area (Å²) in [4.78, 5) is 21.5. The van der Waals surface area contributed by atoms with Gasteiger partial charge in [-0.2, -0.15) is 0 Å². The van der Waals surface area contributed by atoms with Gasteiger partial charge in [0.05, 0.1) is 18.4 Å². The summed E-state index contributed by atoms with van der Waals surface area (Å²) in [6.45, 7) is 9.44. The summed E-state index contributed by atoms with van der Waals surface area (Å²) in [5, 5.41) is 3.40. The molecule has 1 heterocycles. The molecule has 3 rings (SSSR count). The molecule has 0 aliphatic carbocycles. The number of thioether (sulfide) groups is 1. The van der Waals surface area contributed by atoms with E-state index in [-0.39, 0.29) is 11.1 Å². The van der Waals surface area contributed by atoms with Crippen LogP contribution in [0.25, 0.3) is 4.85 Å². The molecule has 0 spiro atoms. The average molecular weight is 488 g/mol. The number of nitrogens with zero attached hydrogens (tertiary/aromatic N) is 2. The zero-order valence-corrected chi connectivity index (χ0v) is 19.0. The van der Waals surface area contributed by atoms with Crippen molar-refractivity contribution >= 4 is 44.3 Å². The van der Waals surface area contributed by atoms with E-state index in [1.54, 1.807) is 43.3 Å². The number of carbonyl (C=O) groups is 1. The fourth-order valence-electron chi connectivity index (χ4n) is 3.44. The molecule has 0 saturated carbocycles. The first-order valence-electron chi connectivity index (χ1n) is 9.00. The number of aliphatic imine (C=N–C) groups is 1. The molecule has 0 aromatic heterocycles. The minimum atomic E-state index is -0.794. The van der Waals surface area contributed by atoms with E-state index in [0.717, 1.165) is 0 Å². The van der Waals surface area contributed by atoms with Crippen LogP contribution in [0.5, 0.6) is 5.75 Å². The van der Waals surface area contributed by atoms with Gasteiger partial charge in [0.2, 0.25) is 0 Å². The van der Waals surface area contributed by atoms with Gasteiger partial charge in [-0.1, -0.05) is 34.1 Å². The number of benzene rings is 2. The topological polar surface area (TPSA) is 55.0 Å². The molecular formula is C22H19BrFN3O2S. The number of amides is 1. The number of methoxy groups -OCH3 is 1. The summed E-state index contributed by atoms with van der Waals surface area (Å²) in [5.41, 5.74) is 1.49. The highest BCUT2D eigenvalue weighted by Crippen LogP contribution is 2.41. The molecule has 0 radical (unpaired) electrons. The van der Waals surface area contributed by atoms with Gasteiger partial charge < -0.3 is 14.9 Å². The zero-order chi connectivity index (χ0) is 21.8. The lowest BCUT2D eigenvalue weighted by Gasteiger charge is -2.27. The van der Waals surface area contributed by atoms with Crippen LogP contribution in [0.2, 0.25) is 0 Å². The predicted molar refractivity (Wildman–Crippen MR) is 123 cm³/mol. The van der Waals surface area contributed by atoms with Crippen molar-refractivity contribution in [3.63, 3.8) is 0 Å². The molecule has 154 valence electrons. The van der Waals surface area contributed by atoms with Gasteiger partial charge in [0.15, 0.2) is 5.04 Å². The van der Waals surface area contributed by atoms with Crippen LogP contribution in [-0.4, -0.2) is 30.4 Å². The van der Waals surface area contributed by atoms with Crippen LogP contribution in [-0.2, 0) is 4.79 Å². The Bertz CT molecular complexity index is 1090. The molecule has 2 atom stereocenters. The highest BCUT2D eigenvalue weighted by molar-refractivity contribution is 9.10. The van der Waals surface area contributed by atoms with Gasteiger partial charge in [-0.3, -0.25) is 4.79 Å². The summed E-state index contributed by atoms with van der Waals surface area (Å²) in [7, 11) is 1.51. The van der Waals surface area contributed by atoms with Crippen molar-refractivity contribution in [1.82, 2.24) is 0 Å². The van der Waals surface area contributed by atoms with Crippen LogP contribution in [0.4, 0.5) is 10.1 Å². The van der Waals surface area contributed by atoms with Crippen LogP contribution in [0.1, 0.15) is 18.4 Å². The van der Waals surface area contributed by atoms with E-state index in [4.69, 9.17) is 11.3 Å². The molecule has 1 aliphatic heterocycles. The Morgan fingerprint density at radius 3 is 2.70 bits per heavy atom. The van der Waals surface area contributed by atoms with Crippen molar-refractivity contribution in [1.29, 1.82) is 0 Å². The second kappa shape index (κ2) is 9.45. The lowest BCUT2D eigenvalue weighted by atomic mass is 9.82. The van der Waals surface area contributed by atoms with Crippen LogP contribution in [0.3, 0.4) is 0 Å². The van der Waals surface area contributed by atoms with Crippen molar-refractivity contribution in [2.45, 2.75) is 18.9 Å². The fourth-order valence-corrected chi connectivity index (χ4v) is 4.43.